The molecule has 1 aromatic carbocycles. The van der Waals surface area contributed by atoms with Crippen molar-refractivity contribution in [1.29, 1.82) is 0 Å². The normalized spacial score (nSPS) is 16.8. The average Bonchev–Trinajstić information content (AvgIpc) is 3.43. The van der Waals surface area contributed by atoms with Gasteiger partial charge in [0, 0.05) is 11.6 Å². The monoisotopic (exact) mass is 376 g/mol. The van der Waals surface area contributed by atoms with E-state index in [1.54, 1.807) is 24.4 Å². The van der Waals surface area contributed by atoms with Crippen LogP contribution in [0.1, 0.15) is 62.8 Å². The Bertz CT molecular complexity index is 1100. The maximum Gasteiger partial charge on any atom is 0.365 e. The smallest absolute Gasteiger partial charge is 0.324 e. The number of amides is 2. The lowest BCUT2D eigenvalue weighted by Gasteiger charge is -2.13. The van der Waals surface area contributed by atoms with E-state index in [2.05, 4.69) is 10.1 Å². The summed E-state index contributed by atoms with van der Waals surface area (Å²) in [5, 5.41) is 5.63. The standard InChI is InChI=1S/C20H16N4O4/c25-18-15-7-3-4-8-16(15)19(26)24(18)28-20(27)13-9-12-11-22-23(17(12)21-10-13)14-5-1-2-6-14/h3-4,7-11,14H,1-2,5-6H2. The molecule has 0 unspecified atom stereocenters. The van der Waals surface area contributed by atoms with Crippen LogP contribution in [0.4, 0.5) is 0 Å². The Morgan fingerprint density at radius 2 is 1.71 bits per heavy atom. The first-order chi connectivity index (χ1) is 13.6. The highest BCUT2D eigenvalue weighted by atomic mass is 16.7. The van der Waals surface area contributed by atoms with E-state index in [4.69, 9.17) is 4.84 Å². The minimum atomic E-state index is -0.822. The molecule has 3 aromatic rings. The van der Waals surface area contributed by atoms with Crippen molar-refractivity contribution in [2.45, 2.75) is 31.7 Å². The van der Waals surface area contributed by atoms with E-state index in [1.807, 2.05) is 4.68 Å². The Labute approximate surface area is 159 Å². The third-order valence-electron chi connectivity index (χ3n) is 5.27. The number of hydrogen-bond acceptors (Lipinski definition) is 6. The molecule has 0 saturated heterocycles. The summed E-state index contributed by atoms with van der Waals surface area (Å²) in [4.78, 5) is 46.6. The van der Waals surface area contributed by atoms with Gasteiger partial charge in [0.1, 0.15) is 0 Å². The lowest BCUT2D eigenvalue weighted by Crippen LogP contribution is -2.32. The van der Waals surface area contributed by atoms with Crippen LogP contribution in [0.3, 0.4) is 0 Å². The third-order valence-corrected chi connectivity index (χ3v) is 5.27. The molecular weight excluding hydrogens is 360 g/mol. The molecule has 0 N–H and O–H groups in total. The molecule has 2 aliphatic rings. The molecule has 0 bridgehead atoms. The quantitative estimate of drug-likeness (QED) is 0.653. The zero-order valence-electron chi connectivity index (χ0n) is 14.9. The molecule has 1 aliphatic heterocycles. The van der Waals surface area contributed by atoms with E-state index < -0.39 is 17.8 Å². The van der Waals surface area contributed by atoms with Crippen molar-refractivity contribution >= 4 is 28.8 Å². The summed E-state index contributed by atoms with van der Waals surface area (Å²) in [7, 11) is 0. The largest absolute Gasteiger partial charge is 0.365 e. The van der Waals surface area contributed by atoms with Crippen LogP contribution < -0.4 is 0 Å². The molecule has 1 aliphatic carbocycles. The van der Waals surface area contributed by atoms with E-state index in [1.165, 1.54) is 31.2 Å². The van der Waals surface area contributed by atoms with Gasteiger partial charge in [-0.2, -0.15) is 5.10 Å². The van der Waals surface area contributed by atoms with Gasteiger partial charge >= 0.3 is 5.97 Å². The van der Waals surface area contributed by atoms with Crippen molar-refractivity contribution in [2.24, 2.45) is 0 Å². The molecule has 0 spiro atoms. The predicted octanol–water partition coefficient (Wildman–Crippen LogP) is 2.91. The van der Waals surface area contributed by atoms with Crippen LogP contribution in [-0.2, 0) is 4.84 Å². The van der Waals surface area contributed by atoms with E-state index >= 15 is 0 Å². The second-order valence-electron chi connectivity index (χ2n) is 6.99. The Kier molecular flexibility index (Phi) is 3.71. The number of rotatable bonds is 3. The van der Waals surface area contributed by atoms with Crippen LogP contribution in [0.15, 0.2) is 42.7 Å². The summed E-state index contributed by atoms with van der Waals surface area (Å²) in [6, 6.07) is 8.29. The fraction of sp³-hybridized carbons (Fsp3) is 0.250. The van der Waals surface area contributed by atoms with Gasteiger partial charge in [-0.25, -0.2) is 14.5 Å². The van der Waals surface area contributed by atoms with Crippen LogP contribution in [0.5, 0.6) is 0 Å². The molecule has 8 nitrogen and oxygen atoms in total. The van der Waals surface area contributed by atoms with E-state index in [9.17, 15) is 14.4 Å². The topological polar surface area (TPSA) is 94.4 Å². The average molecular weight is 376 g/mol. The number of fused-ring (bicyclic) bond motifs is 2. The van der Waals surface area contributed by atoms with Gasteiger partial charge in [0.15, 0.2) is 5.65 Å². The fourth-order valence-corrected chi connectivity index (χ4v) is 3.85. The second kappa shape index (κ2) is 6.26. The number of imide groups is 1. The minimum absolute atomic E-state index is 0.148. The first kappa shape index (κ1) is 16.6. The zero-order chi connectivity index (χ0) is 19.3. The van der Waals surface area contributed by atoms with Crippen molar-refractivity contribution in [3.63, 3.8) is 0 Å². The van der Waals surface area contributed by atoms with Crippen molar-refractivity contribution in [1.82, 2.24) is 19.8 Å². The van der Waals surface area contributed by atoms with Crippen LogP contribution in [0.2, 0.25) is 0 Å². The summed E-state index contributed by atoms with van der Waals surface area (Å²) in [5.41, 5.74) is 1.29. The van der Waals surface area contributed by atoms with Gasteiger partial charge in [0.25, 0.3) is 11.8 Å². The zero-order valence-corrected chi connectivity index (χ0v) is 14.9. The Morgan fingerprint density at radius 3 is 2.39 bits per heavy atom. The van der Waals surface area contributed by atoms with Crippen LogP contribution in [-0.4, -0.2) is 37.6 Å². The lowest BCUT2D eigenvalue weighted by molar-refractivity contribution is -0.0584. The first-order valence-corrected chi connectivity index (χ1v) is 9.17. The number of nitrogens with zero attached hydrogens (tertiary/aromatic N) is 4. The van der Waals surface area contributed by atoms with E-state index in [-0.39, 0.29) is 16.7 Å². The predicted molar refractivity (Wildman–Crippen MR) is 97.4 cm³/mol. The highest BCUT2D eigenvalue weighted by Gasteiger charge is 2.38. The molecule has 1 fully saturated rings. The molecule has 0 atom stereocenters. The lowest BCUT2D eigenvalue weighted by atomic mass is 10.1. The number of pyridine rings is 1. The second-order valence-corrected chi connectivity index (χ2v) is 6.99. The summed E-state index contributed by atoms with van der Waals surface area (Å²) in [6.45, 7) is 0. The molecule has 140 valence electrons. The number of benzene rings is 1. The maximum atomic E-state index is 12.5. The fourth-order valence-electron chi connectivity index (χ4n) is 3.85. The highest BCUT2D eigenvalue weighted by molar-refractivity contribution is 6.21. The van der Waals surface area contributed by atoms with E-state index in [0.717, 1.165) is 12.8 Å². The third kappa shape index (κ3) is 2.49. The Hall–Kier alpha value is -3.55. The van der Waals surface area contributed by atoms with Gasteiger partial charge in [-0.15, -0.1) is 0 Å². The number of hydrogen-bond donors (Lipinski definition) is 0. The Morgan fingerprint density at radius 1 is 1.04 bits per heavy atom. The molecule has 5 rings (SSSR count). The highest BCUT2D eigenvalue weighted by Crippen LogP contribution is 2.31. The maximum absolute atomic E-state index is 12.5. The number of carbonyl (C=O) groups excluding carboxylic acids is 3. The van der Waals surface area contributed by atoms with E-state index in [0.29, 0.717) is 22.1 Å². The molecule has 8 heteroatoms. The van der Waals surface area contributed by atoms with Gasteiger partial charge < -0.3 is 4.84 Å². The molecule has 2 amide bonds. The van der Waals surface area contributed by atoms with Gasteiger partial charge in [0.05, 0.1) is 28.9 Å². The number of carbonyl (C=O) groups is 3. The summed E-state index contributed by atoms with van der Waals surface area (Å²) in [5.74, 6) is -2.13. The molecular formula is C20H16N4O4. The summed E-state index contributed by atoms with van der Waals surface area (Å²) < 4.78 is 1.90. The molecule has 1 saturated carbocycles. The number of aromatic nitrogens is 3. The van der Waals surface area contributed by atoms with Crippen LogP contribution in [0, 0.1) is 0 Å². The van der Waals surface area contributed by atoms with Crippen molar-refractivity contribution in [2.75, 3.05) is 0 Å². The van der Waals surface area contributed by atoms with Crippen molar-refractivity contribution in [3.05, 3.63) is 59.4 Å². The molecule has 3 heterocycles. The molecule has 0 radical (unpaired) electrons. The number of hydroxylamine groups is 2. The van der Waals surface area contributed by atoms with Gasteiger partial charge in [-0.3, -0.25) is 9.59 Å². The molecule has 2 aromatic heterocycles. The van der Waals surface area contributed by atoms with Gasteiger partial charge in [-0.05, 0) is 31.0 Å². The summed E-state index contributed by atoms with van der Waals surface area (Å²) >= 11 is 0. The van der Waals surface area contributed by atoms with Crippen LogP contribution >= 0.6 is 0 Å². The van der Waals surface area contributed by atoms with Crippen molar-refractivity contribution < 1.29 is 19.2 Å². The van der Waals surface area contributed by atoms with Crippen LogP contribution in [0.25, 0.3) is 11.0 Å². The SMILES string of the molecule is O=C(ON1C(=O)c2ccccc2C1=O)c1cnc2c(cnn2C2CCCC2)c1. The molecule has 28 heavy (non-hydrogen) atoms. The van der Waals surface area contributed by atoms with Gasteiger partial charge in [-0.1, -0.05) is 30.0 Å². The van der Waals surface area contributed by atoms with Crippen molar-refractivity contribution in [3.8, 4) is 0 Å². The van der Waals surface area contributed by atoms with Gasteiger partial charge in [0.2, 0.25) is 0 Å². The minimum Gasteiger partial charge on any atom is -0.324 e. The Balaban J connectivity index is 1.39. The summed E-state index contributed by atoms with van der Waals surface area (Å²) in [6.07, 6.45) is 7.55. The first-order valence-electron chi connectivity index (χ1n) is 9.17.